The number of amides is 2. The van der Waals surface area contributed by atoms with E-state index < -0.39 is 17.5 Å². The van der Waals surface area contributed by atoms with E-state index in [1.54, 1.807) is 24.3 Å². The molecular weight excluding hydrogens is 366 g/mol. The average Bonchev–Trinajstić information content (AvgIpc) is 2.66. The lowest BCUT2D eigenvalue weighted by Crippen LogP contribution is -2.13. The van der Waals surface area contributed by atoms with Crippen molar-refractivity contribution in [3.63, 3.8) is 0 Å². The first kappa shape index (κ1) is 19.0. The molecule has 0 bridgehead atoms. The maximum absolute atomic E-state index is 13.7. The number of carbonyl (C=O) groups excluding carboxylic acids is 2. The number of rotatable bonds is 5. The highest BCUT2D eigenvalue weighted by atomic mass is 19.1. The predicted molar refractivity (Wildman–Crippen MR) is 103 cm³/mol. The maximum Gasteiger partial charge on any atom is 0.274 e. The fraction of sp³-hybridized carbons (Fsp3) is 0.0500. The summed E-state index contributed by atoms with van der Waals surface area (Å²) < 4.78 is 27.3. The molecule has 3 N–H and O–H groups in total. The topological polar surface area (TPSA) is 83.1 Å². The summed E-state index contributed by atoms with van der Waals surface area (Å²) in [4.78, 5) is 27.3. The quantitative estimate of drug-likeness (QED) is 0.614. The van der Waals surface area contributed by atoms with Crippen LogP contribution in [-0.4, -0.2) is 16.8 Å². The Bertz CT molecular complexity index is 985. The lowest BCUT2D eigenvalue weighted by Gasteiger charge is -2.09. The van der Waals surface area contributed by atoms with Crippen LogP contribution in [0, 0.1) is 11.6 Å². The molecule has 142 valence electrons. The van der Waals surface area contributed by atoms with Crippen LogP contribution in [0.3, 0.4) is 0 Å². The third kappa shape index (κ3) is 4.67. The number of aromatic nitrogens is 1. The van der Waals surface area contributed by atoms with Crippen LogP contribution >= 0.6 is 0 Å². The number of benzene rings is 2. The van der Waals surface area contributed by atoms with Gasteiger partial charge in [-0.1, -0.05) is 6.07 Å². The summed E-state index contributed by atoms with van der Waals surface area (Å²) >= 11 is 0. The number of hydrogen-bond donors (Lipinski definition) is 3. The normalized spacial score (nSPS) is 10.2. The monoisotopic (exact) mass is 382 g/mol. The Morgan fingerprint density at radius 1 is 0.821 bits per heavy atom. The van der Waals surface area contributed by atoms with Crippen molar-refractivity contribution in [2.75, 3.05) is 16.0 Å². The zero-order valence-electron chi connectivity index (χ0n) is 14.8. The summed E-state index contributed by atoms with van der Waals surface area (Å²) in [6.07, 6.45) is 1.31. The molecule has 0 aliphatic heterocycles. The SMILES string of the molecule is CC(=O)Nc1ccc(NC(=O)c2ccc(Nc3c(F)cccc3F)cn2)cc1. The minimum absolute atomic E-state index is 0.130. The molecule has 1 aromatic heterocycles. The van der Waals surface area contributed by atoms with Gasteiger partial charge < -0.3 is 16.0 Å². The van der Waals surface area contributed by atoms with Gasteiger partial charge in [-0.05, 0) is 48.5 Å². The maximum atomic E-state index is 13.7. The summed E-state index contributed by atoms with van der Waals surface area (Å²) in [6, 6.07) is 13.1. The van der Waals surface area contributed by atoms with E-state index in [-0.39, 0.29) is 17.3 Å². The van der Waals surface area contributed by atoms with E-state index in [9.17, 15) is 18.4 Å². The van der Waals surface area contributed by atoms with Crippen molar-refractivity contribution in [3.05, 3.63) is 78.1 Å². The minimum atomic E-state index is -0.732. The second-order valence-corrected chi connectivity index (χ2v) is 5.87. The van der Waals surface area contributed by atoms with Gasteiger partial charge in [-0.3, -0.25) is 9.59 Å². The fourth-order valence-corrected chi connectivity index (χ4v) is 2.40. The molecule has 0 saturated carbocycles. The average molecular weight is 382 g/mol. The summed E-state index contributed by atoms with van der Waals surface area (Å²) in [5.74, 6) is -2.10. The van der Waals surface area contributed by atoms with E-state index in [0.717, 1.165) is 12.1 Å². The Hall–Kier alpha value is -3.81. The zero-order valence-corrected chi connectivity index (χ0v) is 14.8. The van der Waals surface area contributed by atoms with E-state index >= 15 is 0 Å². The standard InChI is InChI=1S/C20H16F2N4O2/c1-12(27)24-13-5-7-14(8-6-13)26-20(28)18-10-9-15(11-23-18)25-19-16(21)3-2-4-17(19)22/h2-11,25H,1H3,(H,24,27)(H,26,28). The Morgan fingerprint density at radius 3 is 1.93 bits per heavy atom. The van der Waals surface area contributed by atoms with E-state index in [1.807, 2.05) is 0 Å². The molecule has 2 amide bonds. The second-order valence-electron chi connectivity index (χ2n) is 5.87. The van der Waals surface area contributed by atoms with Crippen molar-refractivity contribution in [1.29, 1.82) is 0 Å². The van der Waals surface area contributed by atoms with E-state index in [2.05, 4.69) is 20.9 Å². The number of nitrogens with zero attached hydrogens (tertiary/aromatic N) is 1. The molecule has 0 fully saturated rings. The highest BCUT2D eigenvalue weighted by molar-refractivity contribution is 6.03. The first-order chi connectivity index (χ1) is 13.4. The smallest absolute Gasteiger partial charge is 0.274 e. The third-order valence-corrected chi connectivity index (χ3v) is 3.69. The summed E-state index contributed by atoms with van der Waals surface area (Å²) in [5.41, 5.74) is 1.31. The summed E-state index contributed by atoms with van der Waals surface area (Å²) in [6.45, 7) is 1.40. The lowest BCUT2D eigenvalue weighted by atomic mass is 10.2. The van der Waals surface area contributed by atoms with Crippen LogP contribution in [0.4, 0.5) is 31.5 Å². The van der Waals surface area contributed by atoms with Crippen molar-refractivity contribution in [2.24, 2.45) is 0 Å². The van der Waals surface area contributed by atoms with Gasteiger partial charge in [0.25, 0.3) is 5.91 Å². The number of pyridine rings is 1. The van der Waals surface area contributed by atoms with Crippen LogP contribution in [0.5, 0.6) is 0 Å². The van der Waals surface area contributed by atoms with Gasteiger partial charge in [0.1, 0.15) is 23.0 Å². The van der Waals surface area contributed by atoms with Crippen LogP contribution in [0.1, 0.15) is 17.4 Å². The van der Waals surface area contributed by atoms with Crippen molar-refractivity contribution >= 4 is 34.6 Å². The molecule has 3 aromatic rings. The highest BCUT2D eigenvalue weighted by Gasteiger charge is 2.11. The Labute approximate surface area is 159 Å². The van der Waals surface area contributed by atoms with Crippen molar-refractivity contribution in [3.8, 4) is 0 Å². The summed E-state index contributed by atoms with van der Waals surface area (Å²) in [7, 11) is 0. The Morgan fingerprint density at radius 2 is 1.39 bits per heavy atom. The molecule has 3 rings (SSSR count). The lowest BCUT2D eigenvalue weighted by molar-refractivity contribution is -0.114. The number of para-hydroxylation sites is 1. The number of anilines is 4. The number of hydrogen-bond acceptors (Lipinski definition) is 4. The molecule has 0 spiro atoms. The molecule has 6 nitrogen and oxygen atoms in total. The number of halogens is 2. The second kappa shape index (κ2) is 8.26. The van der Waals surface area contributed by atoms with E-state index in [4.69, 9.17) is 0 Å². The van der Waals surface area contributed by atoms with Crippen molar-refractivity contribution in [2.45, 2.75) is 6.92 Å². The van der Waals surface area contributed by atoms with Gasteiger partial charge in [0.05, 0.1) is 11.9 Å². The van der Waals surface area contributed by atoms with Crippen LogP contribution in [0.15, 0.2) is 60.8 Å². The molecule has 0 atom stereocenters. The molecule has 1 heterocycles. The molecule has 2 aromatic carbocycles. The van der Waals surface area contributed by atoms with Crippen LogP contribution in [-0.2, 0) is 4.79 Å². The van der Waals surface area contributed by atoms with Crippen molar-refractivity contribution in [1.82, 2.24) is 4.98 Å². The number of carbonyl (C=O) groups is 2. The van der Waals surface area contributed by atoms with Crippen LogP contribution in [0.2, 0.25) is 0 Å². The van der Waals surface area contributed by atoms with Crippen LogP contribution in [0.25, 0.3) is 0 Å². The Kier molecular flexibility index (Phi) is 5.59. The van der Waals surface area contributed by atoms with Gasteiger partial charge >= 0.3 is 0 Å². The van der Waals surface area contributed by atoms with Gasteiger partial charge in [-0.2, -0.15) is 0 Å². The predicted octanol–water partition coefficient (Wildman–Crippen LogP) is 4.31. The van der Waals surface area contributed by atoms with E-state index in [0.29, 0.717) is 17.1 Å². The molecule has 0 radical (unpaired) electrons. The molecule has 0 aliphatic rings. The van der Waals surface area contributed by atoms with Gasteiger partial charge in [-0.15, -0.1) is 0 Å². The molecule has 0 saturated heterocycles. The molecule has 28 heavy (non-hydrogen) atoms. The molecular formula is C20H16F2N4O2. The van der Waals surface area contributed by atoms with Gasteiger partial charge in [0.15, 0.2) is 0 Å². The van der Waals surface area contributed by atoms with Gasteiger partial charge in [0.2, 0.25) is 5.91 Å². The first-order valence-electron chi connectivity index (χ1n) is 8.28. The Balaban J connectivity index is 1.66. The molecule has 0 unspecified atom stereocenters. The zero-order chi connectivity index (χ0) is 20.1. The first-order valence-corrected chi connectivity index (χ1v) is 8.28. The fourth-order valence-electron chi connectivity index (χ4n) is 2.40. The summed E-state index contributed by atoms with van der Waals surface area (Å²) in [5, 5.41) is 7.90. The van der Waals surface area contributed by atoms with Gasteiger partial charge in [-0.25, -0.2) is 13.8 Å². The van der Waals surface area contributed by atoms with Gasteiger partial charge in [0, 0.05) is 18.3 Å². The largest absolute Gasteiger partial charge is 0.349 e. The highest BCUT2D eigenvalue weighted by Crippen LogP contribution is 2.23. The van der Waals surface area contributed by atoms with Crippen molar-refractivity contribution < 1.29 is 18.4 Å². The third-order valence-electron chi connectivity index (χ3n) is 3.69. The minimum Gasteiger partial charge on any atom is -0.349 e. The molecule has 0 aliphatic carbocycles. The van der Waals surface area contributed by atoms with E-state index in [1.165, 1.54) is 31.3 Å². The van der Waals surface area contributed by atoms with Crippen LogP contribution < -0.4 is 16.0 Å². The molecule has 8 heteroatoms. The number of nitrogens with one attached hydrogen (secondary N) is 3.